The number of piperidine rings is 3. The maximum absolute atomic E-state index is 13.4. The lowest BCUT2D eigenvalue weighted by atomic mass is 9.86. The van der Waals surface area contributed by atoms with E-state index in [9.17, 15) is 22.8 Å². The van der Waals surface area contributed by atoms with Crippen LogP contribution in [-0.4, -0.2) is 101 Å². The lowest BCUT2D eigenvalue weighted by Gasteiger charge is -2.34. The van der Waals surface area contributed by atoms with Crippen LogP contribution < -0.4 is 5.32 Å². The van der Waals surface area contributed by atoms with Crippen molar-refractivity contribution in [2.75, 3.05) is 39.3 Å². The molecule has 5 fully saturated rings. The fourth-order valence-electron chi connectivity index (χ4n) is 11.2. The van der Waals surface area contributed by atoms with Crippen molar-refractivity contribution >= 4 is 12.0 Å². The van der Waals surface area contributed by atoms with E-state index < -0.39 is 5.60 Å². The minimum atomic E-state index is -0.474. The third-order valence-corrected chi connectivity index (χ3v) is 15.6. The molecule has 3 aromatic heterocycles. The first-order valence-electron chi connectivity index (χ1n) is 28.7. The Balaban J connectivity index is 0.000000147. The van der Waals surface area contributed by atoms with Crippen LogP contribution in [0.25, 0.3) is 33.8 Å². The van der Waals surface area contributed by atoms with E-state index >= 15 is 0 Å². The van der Waals surface area contributed by atoms with E-state index in [4.69, 9.17) is 14.7 Å². The predicted molar refractivity (Wildman–Crippen MR) is 300 cm³/mol. The van der Waals surface area contributed by atoms with Gasteiger partial charge in [0.1, 0.15) is 29.2 Å². The van der Waals surface area contributed by atoms with Gasteiger partial charge in [0, 0.05) is 86.0 Å². The topological polar surface area (TPSA) is 148 Å². The predicted octanol–water partition coefficient (Wildman–Crippen LogP) is 13.5. The number of nitrogens with one attached hydrogen (secondary N) is 1. The maximum Gasteiger partial charge on any atom is 0.410 e. The number of rotatable bonds is 9. The molecule has 11 rings (SSSR count). The first-order chi connectivity index (χ1) is 38.3. The first-order valence-corrected chi connectivity index (χ1v) is 28.7. The van der Waals surface area contributed by atoms with Gasteiger partial charge >= 0.3 is 6.09 Å². The Morgan fingerprint density at radius 2 is 0.987 bits per heavy atom. The molecule has 0 bridgehead atoms. The van der Waals surface area contributed by atoms with Crippen molar-refractivity contribution in [2.24, 2.45) is 5.92 Å². The van der Waals surface area contributed by atoms with Gasteiger partial charge in [-0.15, -0.1) is 0 Å². The molecule has 422 valence electrons. The van der Waals surface area contributed by atoms with Crippen molar-refractivity contribution in [1.82, 2.24) is 43.8 Å². The number of nitriles is 1. The van der Waals surface area contributed by atoms with Gasteiger partial charge in [0.05, 0.1) is 36.1 Å². The zero-order valence-electron chi connectivity index (χ0n) is 46.3. The standard InChI is InChI=1S/C22H28FN3O.C19H24FN3O2.C14H16FN3.C7H11NO/c23-19-8-4-7-18(14-19)21-15-26(16-24-21)20-9-11-25(12-10-20)22(27)13-17-5-2-1-3-6-17;1-19(2,3)25-18(24)22-9-7-16(8-10-22)23-12-17(21-13-23)14-5-4-6-15(20)11-14;15-12-3-1-2-11(8-12)14-9-18(10-17-14)13-4-6-16-7-5-13;8-6-9-7-4-2-1-3-5-7/h4,7-8,14-17,20H,1-3,5-6,9-13H2;4-6,11-13,16H,7-10H2,1-3H3;1-3,8-10,13,16H,4-7H2;7H,1-5H2. The molecule has 1 N–H and O–H groups in total. The number of likely N-dealkylation sites (tertiary alicyclic amines) is 2. The number of hydrogen-bond acceptors (Lipinski definition) is 9. The van der Waals surface area contributed by atoms with Gasteiger partial charge in [0.25, 0.3) is 6.26 Å². The van der Waals surface area contributed by atoms with Crippen molar-refractivity contribution in [3.63, 3.8) is 0 Å². The Kier molecular flexibility index (Phi) is 21.2. The molecular formula is C62H79F3N10O4. The van der Waals surface area contributed by atoms with Crippen LogP contribution in [0.4, 0.5) is 18.0 Å². The third kappa shape index (κ3) is 17.8. The Bertz CT molecular complexity index is 2870. The summed E-state index contributed by atoms with van der Waals surface area (Å²) in [6, 6.07) is 20.7. The van der Waals surface area contributed by atoms with Crippen molar-refractivity contribution in [3.8, 4) is 40.0 Å². The number of carbonyl (C=O) groups excluding carboxylic acids is 2. The molecular weight excluding hydrogens is 1010 g/mol. The number of carbonyl (C=O) groups is 2. The van der Waals surface area contributed by atoms with Crippen molar-refractivity contribution < 1.29 is 32.2 Å². The van der Waals surface area contributed by atoms with Crippen LogP contribution in [-0.2, 0) is 14.3 Å². The number of benzene rings is 3. The van der Waals surface area contributed by atoms with E-state index in [1.165, 1.54) is 87.8 Å². The van der Waals surface area contributed by atoms with Crippen LogP contribution >= 0.6 is 0 Å². The van der Waals surface area contributed by atoms with Gasteiger partial charge in [-0.3, -0.25) is 4.79 Å². The molecule has 6 heterocycles. The van der Waals surface area contributed by atoms with Crippen molar-refractivity contribution in [1.29, 1.82) is 5.26 Å². The number of ether oxygens (including phenoxy) is 2. The lowest BCUT2D eigenvalue weighted by Crippen LogP contribution is -2.42. The second-order valence-corrected chi connectivity index (χ2v) is 22.6. The Hall–Kier alpha value is -6.93. The van der Waals surface area contributed by atoms with E-state index in [-0.39, 0.29) is 35.7 Å². The van der Waals surface area contributed by atoms with Gasteiger partial charge in [0.15, 0.2) is 0 Å². The Morgan fingerprint density at radius 1 is 0.582 bits per heavy atom. The molecule has 79 heavy (non-hydrogen) atoms. The third-order valence-electron chi connectivity index (χ3n) is 15.6. The highest BCUT2D eigenvalue weighted by Gasteiger charge is 2.29. The lowest BCUT2D eigenvalue weighted by molar-refractivity contribution is -0.133. The molecule has 3 saturated heterocycles. The average Bonchev–Trinajstić information content (AvgIpc) is 4.31. The molecule has 2 saturated carbocycles. The number of hydrogen-bond donors (Lipinski definition) is 1. The normalized spacial score (nSPS) is 17.9. The highest BCUT2D eigenvalue weighted by Crippen LogP contribution is 2.31. The van der Waals surface area contributed by atoms with E-state index in [0.717, 1.165) is 118 Å². The molecule has 14 nitrogen and oxygen atoms in total. The van der Waals surface area contributed by atoms with E-state index in [1.807, 2.05) is 70.2 Å². The number of amides is 2. The summed E-state index contributed by atoms with van der Waals surface area (Å²) in [5.41, 5.74) is 4.33. The smallest absolute Gasteiger partial charge is 0.410 e. The molecule has 0 radical (unpaired) electrons. The van der Waals surface area contributed by atoms with Crippen LogP contribution in [0.15, 0.2) is 110 Å². The molecule has 3 aliphatic heterocycles. The van der Waals surface area contributed by atoms with Crippen LogP contribution in [0.5, 0.6) is 0 Å². The number of nitrogens with zero attached hydrogens (tertiary/aromatic N) is 9. The summed E-state index contributed by atoms with van der Waals surface area (Å²) in [7, 11) is 0. The van der Waals surface area contributed by atoms with Crippen LogP contribution in [0.3, 0.4) is 0 Å². The van der Waals surface area contributed by atoms with Crippen LogP contribution in [0.1, 0.15) is 148 Å². The fourth-order valence-corrected chi connectivity index (χ4v) is 11.2. The summed E-state index contributed by atoms with van der Waals surface area (Å²) in [4.78, 5) is 41.8. The van der Waals surface area contributed by atoms with Crippen molar-refractivity contribution in [3.05, 3.63) is 128 Å². The molecule has 0 unspecified atom stereocenters. The minimum Gasteiger partial charge on any atom is -0.444 e. The molecule has 0 atom stereocenters. The quantitative estimate of drug-likeness (QED) is 0.140. The van der Waals surface area contributed by atoms with Gasteiger partial charge in [-0.2, -0.15) is 5.26 Å². The average molecular weight is 1090 g/mol. The number of imidazole rings is 3. The van der Waals surface area contributed by atoms with Gasteiger partial charge in [-0.1, -0.05) is 62.1 Å². The summed E-state index contributed by atoms with van der Waals surface area (Å²) in [6.45, 7) is 10.7. The zero-order valence-corrected chi connectivity index (χ0v) is 46.3. The summed E-state index contributed by atoms with van der Waals surface area (Å²) in [6.07, 6.45) is 32.0. The van der Waals surface area contributed by atoms with Crippen LogP contribution in [0.2, 0.25) is 0 Å². The molecule has 2 aliphatic carbocycles. The summed E-state index contributed by atoms with van der Waals surface area (Å²) in [5, 5.41) is 11.5. The molecule has 3 aromatic carbocycles. The van der Waals surface area contributed by atoms with E-state index in [0.29, 0.717) is 37.0 Å². The first kappa shape index (κ1) is 58.2. The van der Waals surface area contributed by atoms with Crippen LogP contribution in [0, 0.1) is 34.9 Å². The maximum atomic E-state index is 13.4. The SMILES string of the molecule is CC(C)(C)OC(=O)N1CCC(n2cnc(-c3cccc(F)c3)c2)CC1.Fc1cccc(-c2cn(C3CCNCC3)cn2)c1.N#COC1CCCCC1.O=C(CC1CCCCC1)N1CCC(n2cnc(-c3cccc(F)c3)c2)CC1. The highest BCUT2D eigenvalue weighted by atomic mass is 19.1. The number of aromatic nitrogens is 6. The monoisotopic (exact) mass is 1080 g/mol. The second-order valence-electron chi connectivity index (χ2n) is 22.6. The van der Waals surface area contributed by atoms with Gasteiger partial charge in [-0.25, -0.2) is 32.9 Å². The summed E-state index contributed by atoms with van der Waals surface area (Å²) < 4.78 is 56.5. The highest BCUT2D eigenvalue weighted by molar-refractivity contribution is 5.76. The fraction of sp³-hybridized carbons (Fsp3) is 0.516. The zero-order chi connectivity index (χ0) is 55.6. The van der Waals surface area contributed by atoms with E-state index in [2.05, 4.69) is 38.9 Å². The second kappa shape index (κ2) is 28.8. The van der Waals surface area contributed by atoms with Gasteiger partial charge < -0.3 is 38.3 Å². The molecule has 6 aromatic rings. The van der Waals surface area contributed by atoms with Gasteiger partial charge in [0.2, 0.25) is 5.91 Å². The molecule has 2 amide bonds. The summed E-state index contributed by atoms with van der Waals surface area (Å²) in [5.74, 6) is 0.214. The minimum absolute atomic E-state index is 0.219. The molecule has 17 heteroatoms. The van der Waals surface area contributed by atoms with Gasteiger partial charge in [-0.05, 0) is 153 Å². The Morgan fingerprint density at radius 3 is 1.39 bits per heavy atom. The van der Waals surface area contributed by atoms with Crippen molar-refractivity contribution in [2.45, 2.75) is 160 Å². The van der Waals surface area contributed by atoms with E-state index in [1.54, 1.807) is 35.7 Å². The Labute approximate surface area is 464 Å². The number of halogens is 3. The molecule has 5 aliphatic rings. The molecule has 0 spiro atoms. The largest absolute Gasteiger partial charge is 0.444 e. The summed E-state index contributed by atoms with van der Waals surface area (Å²) >= 11 is 0.